The Morgan fingerprint density at radius 2 is 2.47 bits per heavy atom. The SMILES string of the molecule is CCOC(=O)c1sc([C@H]2CCCNC2)nc1C. The second-order valence-electron chi connectivity index (χ2n) is 4.23. The third-order valence-corrected chi connectivity index (χ3v) is 4.22. The zero-order chi connectivity index (χ0) is 12.3. The van der Waals surface area contributed by atoms with Crippen molar-refractivity contribution < 1.29 is 9.53 Å². The van der Waals surface area contributed by atoms with Crippen molar-refractivity contribution in [2.75, 3.05) is 19.7 Å². The van der Waals surface area contributed by atoms with Crippen LogP contribution in [0.25, 0.3) is 0 Å². The summed E-state index contributed by atoms with van der Waals surface area (Å²) in [6.45, 7) is 6.17. The molecule has 1 N–H and O–H groups in total. The van der Waals surface area contributed by atoms with E-state index in [1.165, 1.54) is 17.8 Å². The predicted octanol–water partition coefficient (Wildman–Crippen LogP) is 2.10. The number of carbonyl (C=O) groups excluding carboxylic acids is 1. The van der Waals surface area contributed by atoms with Crippen molar-refractivity contribution >= 4 is 17.3 Å². The summed E-state index contributed by atoms with van der Waals surface area (Å²) >= 11 is 1.49. The van der Waals surface area contributed by atoms with E-state index in [0.29, 0.717) is 17.4 Å². The lowest BCUT2D eigenvalue weighted by Gasteiger charge is -2.20. The van der Waals surface area contributed by atoms with Gasteiger partial charge in [-0.2, -0.15) is 0 Å². The van der Waals surface area contributed by atoms with Crippen LogP contribution in [-0.4, -0.2) is 30.6 Å². The van der Waals surface area contributed by atoms with Crippen molar-refractivity contribution in [3.8, 4) is 0 Å². The lowest BCUT2D eigenvalue weighted by Crippen LogP contribution is -2.28. The Bertz CT molecular complexity index is 397. The Morgan fingerprint density at radius 3 is 3.12 bits per heavy atom. The van der Waals surface area contributed by atoms with Crippen molar-refractivity contribution in [2.45, 2.75) is 32.6 Å². The molecule has 1 aromatic heterocycles. The molecule has 0 aliphatic carbocycles. The average molecular weight is 254 g/mol. The lowest BCUT2D eigenvalue weighted by molar-refractivity contribution is 0.0531. The Labute approximate surface area is 105 Å². The van der Waals surface area contributed by atoms with E-state index in [2.05, 4.69) is 10.3 Å². The van der Waals surface area contributed by atoms with Gasteiger partial charge in [-0.15, -0.1) is 11.3 Å². The number of rotatable bonds is 3. The molecule has 1 fully saturated rings. The minimum absolute atomic E-state index is 0.238. The second kappa shape index (κ2) is 5.60. The predicted molar refractivity (Wildman–Crippen MR) is 67.7 cm³/mol. The summed E-state index contributed by atoms with van der Waals surface area (Å²) in [6, 6.07) is 0. The van der Waals surface area contributed by atoms with E-state index in [1.807, 2.05) is 13.8 Å². The van der Waals surface area contributed by atoms with E-state index in [-0.39, 0.29) is 5.97 Å². The Hall–Kier alpha value is -0.940. The minimum atomic E-state index is -0.238. The van der Waals surface area contributed by atoms with Crippen LogP contribution in [0.1, 0.15) is 46.1 Å². The molecular weight excluding hydrogens is 236 g/mol. The summed E-state index contributed by atoms with van der Waals surface area (Å²) in [7, 11) is 0. The summed E-state index contributed by atoms with van der Waals surface area (Å²) < 4.78 is 5.03. The van der Waals surface area contributed by atoms with Gasteiger partial charge in [-0.1, -0.05) is 0 Å². The maximum Gasteiger partial charge on any atom is 0.350 e. The molecule has 94 valence electrons. The van der Waals surface area contributed by atoms with E-state index in [4.69, 9.17) is 4.74 Å². The van der Waals surface area contributed by atoms with Gasteiger partial charge < -0.3 is 10.1 Å². The monoisotopic (exact) mass is 254 g/mol. The molecule has 0 aromatic carbocycles. The van der Waals surface area contributed by atoms with Crippen LogP contribution in [0.2, 0.25) is 0 Å². The van der Waals surface area contributed by atoms with Gasteiger partial charge in [0.05, 0.1) is 17.3 Å². The smallest absolute Gasteiger partial charge is 0.350 e. The molecule has 4 nitrogen and oxygen atoms in total. The number of nitrogens with zero attached hydrogens (tertiary/aromatic N) is 1. The van der Waals surface area contributed by atoms with Gasteiger partial charge in [-0.05, 0) is 33.2 Å². The summed E-state index contributed by atoms with van der Waals surface area (Å²) in [5.41, 5.74) is 0.800. The van der Waals surface area contributed by atoms with Crippen LogP contribution in [0, 0.1) is 6.92 Å². The number of aryl methyl sites for hydroxylation is 1. The Morgan fingerprint density at radius 1 is 1.65 bits per heavy atom. The third-order valence-electron chi connectivity index (χ3n) is 2.92. The van der Waals surface area contributed by atoms with Crippen LogP contribution < -0.4 is 5.32 Å². The van der Waals surface area contributed by atoms with Crippen molar-refractivity contribution in [2.24, 2.45) is 0 Å². The normalized spacial score (nSPS) is 20.2. The summed E-state index contributed by atoms with van der Waals surface area (Å²) in [6.07, 6.45) is 2.33. The van der Waals surface area contributed by atoms with Gasteiger partial charge in [-0.25, -0.2) is 9.78 Å². The minimum Gasteiger partial charge on any atom is -0.462 e. The molecule has 17 heavy (non-hydrogen) atoms. The molecule has 2 rings (SSSR count). The maximum absolute atomic E-state index is 11.7. The van der Waals surface area contributed by atoms with Crippen molar-refractivity contribution in [1.82, 2.24) is 10.3 Å². The number of carbonyl (C=O) groups is 1. The molecule has 0 spiro atoms. The second-order valence-corrected chi connectivity index (χ2v) is 5.26. The van der Waals surface area contributed by atoms with Crippen molar-refractivity contribution in [1.29, 1.82) is 0 Å². The van der Waals surface area contributed by atoms with E-state index in [0.717, 1.165) is 30.2 Å². The highest BCUT2D eigenvalue weighted by Crippen LogP contribution is 2.29. The highest BCUT2D eigenvalue weighted by Gasteiger charge is 2.22. The molecule has 0 saturated carbocycles. The first-order chi connectivity index (χ1) is 8.22. The maximum atomic E-state index is 11.7. The molecule has 2 heterocycles. The van der Waals surface area contributed by atoms with E-state index < -0.39 is 0 Å². The standard InChI is InChI=1S/C12H18N2O2S/c1-3-16-12(15)10-8(2)14-11(17-10)9-5-4-6-13-7-9/h9,13H,3-7H2,1-2H3/t9-/m0/s1. The largest absolute Gasteiger partial charge is 0.462 e. The molecule has 1 atom stereocenters. The van der Waals surface area contributed by atoms with E-state index in [9.17, 15) is 4.79 Å². The lowest BCUT2D eigenvalue weighted by atomic mass is 10.0. The fourth-order valence-corrected chi connectivity index (χ4v) is 3.14. The molecule has 0 bridgehead atoms. The van der Waals surface area contributed by atoms with Gasteiger partial charge in [0.1, 0.15) is 4.88 Å². The van der Waals surface area contributed by atoms with Gasteiger partial charge in [-0.3, -0.25) is 0 Å². The quantitative estimate of drug-likeness (QED) is 0.839. The summed E-state index contributed by atoms with van der Waals surface area (Å²) in [4.78, 5) is 16.9. The fourth-order valence-electron chi connectivity index (χ4n) is 2.04. The number of hydrogen-bond acceptors (Lipinski definition) is 5. The molecule has 0 unspecified atom stereocenters. The fraction of sp³-hybridized carbons (Fsp3) is 0.667. The number of esters is 1. The first-order valence-corrected chi connectivity index (χ1v) is 6.89. The van der Waals surface area contributed by atoms with Crippen molar-refractivity contribution in [3.63, 3.8) is 0 Å². The molecule has 1 aromatic rings. The number of aromatic nitrogens is 1. The Kier molecular flexibility index (Phi) is 4.12. The first kappa shape index (κ1) is 12.5. The van der Waals surface area contributed by atoms with Gasteiger partial charge in [0.15, 0.2) is 0 Å². The molecule has 1 saturated heterocycles. The van der Waals surface area contributed by atoms with Crippen LogP contribution in [-0.2, 0) is 4.74 Å². The van der Waals surface area contributed by atoms with Gasteiger partial charge >= 0.3 is 5.97 Å². The topological polar surface area (TPSA) is 51.2 Å². The number of piperidine rings is 1. The molecule has 0 radical (unpaired) electrons. The van der Waals surface area contributed by atoms with Gasteiger partial charge in [0, 0.05) is 12.5 Å². The molecular formula is C12H18N2O2S. The molecule has 1 aliphatic rings. The number of nitrogens with one attached hydrogen (secondary N) is 1. The molecule has 5 heteroatoms. The molecule has 0 amide bonds. The van der Waals surface area contributed by atoms with Gasteiger partial charge in [0.2, 0.25) is 0 Å². The number of ether oxygens (including phenoxy) is 1. The molecule has 1 aliphatic heterocycles. The van der Waals surface area contributed by atoms with Crippen molar-refractivity contribution in [3.05, 3.63) is 15.6 Å². The highest BCUT2D eigenvalue weighted by molar-refractivity contribution is 7.13. The van der Waals surface area contributed by atoms with Crippen LogP contribution in [0.15, 0.2) is 0 Å². The zero-order valence-corrected chi connectivity index (χ0v) is 11.1. The van der Waals surface area contributed by atoms with Gasteiger partial charge in [0.25, 0.3) is 0 Å². The number of thiazole rings is 1. The summed E-state index contributed by atoms with van der Waals surface area (Å²) in [5.74, 6) is 0.216. The Balaban J connectivity index is 2.14. The van der Waals surface area contributed by atoms with E-state index >= 15 is 0 Å². The van der Waals surface area contributed by atoms with Crippen LogP contribution in [0.5, 0.6) is 0 Å². The summed E-state index contributed by atoms with van der Waals surface area (Å²) in [5, 5.41) is 4.43. The van der Waals surface area contributed by atoms with Crippen LogP contribution in [0.3, 0.4) is 0 Å². The van der Waals surface area contributed by atoms with Crippen LogP contribution in [0.4, 0.5) is 0 Å². The van der Waals surface area contributed by atoms with Crippen LogP contribution >= 0.6 is 11.3 Å². The first-order valence-electron chi connectivity index (χ1n) is 6.07. The third kappa shape index (κ3) is 2.84. The number of hydrogen-bond donors (Lipinski definition) is 1. The highest BCUT2D eigenvalue weighted by atomic mass is 32.1. The average Bonchev–Trinajstić information content (AvgIpc) is 2.73. The van der Waals surface area contributed by atoms with E-state index in [1.54, 1.807) is 0 Å². The zero-order valence-electron chi connectivity index (χ0n) is 10.3.